The Labute approximate surface area is 132 Å². The second-order valence-corrected chi connectivity index (χ2v) is 7.07. The number of carbonyl (C=O) groups excluding carboxylic acids is 3. The molecule has 0 heterocycles. The van der Waals surface area contributed by atoms with Crippen LogP contribution < -0.4 is 5.73 Å². The Balaban J connectivity index is 5.47. The van der Waals surface area contributed by atoms with Gasteiger partial charge < -0.3 is 15.2 Å². The number of hydrogen-bond acceptors (Lipinski definition) is 5. The molecule has 0 aliphatic carbocycles. The van der Waals surface area contributed by atoms with Gasteiger partial charge in [0.1, 0.15) is 18.2 Å². The normalized spacial score (nSPS) is 13.2. The Kier molecular flexibility index (Phi) is 6.86. The van der Waals surface area contributed by atoms with Gasteiger partial charge >= 0.3 is 18.0 Å². The zero-order chi connectivity index (χ0) is 17.7. The van der Waals surface area contributed by atoms with Crippen molar-refractivity contribution in [3.8, 4) is 0 Å². The van der Waals surface area contributed by atoms with Crippen molar-refractivity contribution in [3.05, 3.63) is 0 Å². The van der Waals surface area contributed by atoms with E-state index in [1.54, 1.807) is 48.5 Å². The van der Waals surface area contributed by atoms with Crippen molar-refractivity contribution in [2.45, 2.75) is 60.1 Å². The van der Waals surface area contributed by atoms with E-state index in [1.807, 2.05) is 0 Å². The molecule has 0 unspecified atom stereocenters. The molecule has 0 radical (unpaired) electrons. The van der Waals surface area contributed by atoms with Crippen molar-refractivity contribution in [2.24, 2.45) is 11.1 Å². The summed E-state index contributed by atoms with van der Waals surface area (Å²) in [6, 6.07) is -1.87. The third kappa shape index (κ3) is 6.78. The van der Waals surface area contributed by atoms with Gasteiger partial charge in [-0.1, -0.05) is 20.8 Å². The first-order valence-electron chi connectivity index (χ1n) is 7.24. The van der Waals surface area contributed by atoms with Crippen LogP contribution in [0.15, 0.2) is 0 Å². The molecule has 0 aromatic rings. The number of nitrogens with two attached hydrogens (primary N) is 1. The van der Waals surface area contributed by atoms with E-state index in [-0.39, 0.29) is 6.61 Å². The van der Waals surface area contributed by atoms with E-state index in [9.17, 15) is 14.4 Å². The summed E-state index contributed by atoms with van der Waals surface area (Å²) in [4.78, 5) is 36.9. The van der Waals surface area contributed by atoms with Crippen molar-refractivity contribution >= 4 is 18.0 Å². The summed E-state index contributed by atoms with van der Waals surface area (Å²) < 4.78 is 10.2. The van der Waals surface area contributed by atoms with Gasteiger partial charge in [-0.15, -0.1) is 0 Å². The maximum absolute atomic E-state index is 12.5. The minimum absolute atomic E-state index is 0.179. The largest absolute Gasteiger partial charge is 0.465 e. The average Bonchev–Trinajstić information content (AvgIpc) is 2.23. The number of urea groups is 1. The monoisotopic (exact) mass is 316 g/mol. The molecule has 2 amide bonds. The highest BCUT2D eigenvalue weighted by atomic mass is 16.6. The van der Waals surface area contributed by atoms with Crippen molar-refractivity contribution in [3.63, 3.8) is 0 Å². The van der Waals surface area contributed by atoms with E-state index in [0.29, 0.717) is 0 Å². The predicted molar refractivity (Wildman–Crippen MR) is 82.0 cm³/mol. The molecule has 7 nitrogen and oxygen atoms in total. The van der Waals surface area contributed by atoms with Gasteiger partial charge in [-0.05, 0) is 33.1 Å². The smallest absolute Gasteiger partial charge is 0.330 e. The number of rotatable bonds is 5. The van der Waals surface area contributed by atoms with Gasteiger partial charge in [0.05, 0.1) is 6.61 Å². The number of primary amides is 1. The first kappa shape index (κ1) is 20.2. The summed E-state index contributed by atoms with van der Waals surface area (Å²) >= 11 is 0. The van der Waals surface area contributed by atoms with Crippen LogP contribution in [0.3, 0.4) is 0 Å². The van der Waals surface area contributed by atoms with Crippen molar-refractivity contribution < 1.29 is 23.9 Å². The lowest BCUT2D eigenvalue weighted by molar-refractivity contribution is -0.165. The van der Waals surface area contributed by atoms with E-state index < -0.39 is 41.6 Å². The van der Waals surface area contributed by atoms with E-state index in [1.165, 1.54) is 0 Å². The first-order valence-corrected chi connectivity index (χ1v) is 7.24. The predicted octanol–water partition coefficient (Wildman–Crippen LogP) is 1.69. The van der Waals surface area contributed by atoms with Crippen LogP contribution in [0.25, 0.3) is 0 Å². The molecule has 0 saturated heterocycles. The van der Waals surface area contributed by atoms with Crippen LogP contribution in [0, 0.1) is 5.41 Å². The molecular formula is C15H28N2O5. The molecule has 2 N–H and O–H groups in total. The Hall–Kier alpha value is -1.79. The minimum Gasteiger partial charge on any atom is -0.465 e. The van der Waals surface area contributed by atoms with Crippen LogP contribution in [0.2, 0.25) is 0 Å². The number of hydrogen-bond donors (Lipinski definition) is 1. The van der Waals surface area contributed by atoms with Crippen molar-refractivity contribution in [1.29, 1.82) is 0 Å². The number of carbonyl (C=O) groups is 3. The Morgan fingerprint density at radius 2 is 1.59 bits per heavy atom. The third-order valence-corrected chi connectivity index (χ3v) is 2.65. The van der Waals surface area contributed by atoms with Crippen LogP contribution in [-0.2, 0) is 19.1 Å². The Morgan fingerprint density at radius 3 is 1.91 bits per heavy atom. The standard InChI is InChI=1S/C15H28N2O5/c1-8-21-10(18)9-17(13(16)20)11(14(2,3)4)12(19)22-15(5,6)7/h11H,8-9H2,1-7H3,(H2,16,20)/t11-/m1/s1. The second-order valence-electron chi connectivity index (χ2n) is 7.07. The second kappa shape index (κ2) is 7.47. The van der Waals surface area contributed by atoms with Crippen LogP contribution in [-0.4, -0.2) is 47.7 Å². The highest BCUT2D eigenvalue weighted by Crippen LogP contribution is 2.27. The van der Waals surface area contributed by atoms with Crippen molar-refractivity contribution in [2.75, 3.05) is 13.2 Å². The SMILES string of the molecule is CCOC(=O)CN(C(N)=O)[C@H](C(=O)OC(C)(C)C)C(C)(C)C. The van der Waals surface area contributed by atoms with Crippen LogP contribution >= 0.6 is 0 Å². The Bertz CT molecular complexity index is 421. The summed E-state index contributed by atoms with van der Waals surface area (Å²) in [5.41, 5.74) is 3.97. The maximum atomic E-state index is 12.5. The number of nitrogens with zero attached hydrogens (tertiary/aromatic N) is 1. The molecular weight excluding hydrogens is 288 g/mol. The summed E-state index contributed by atoms with van der Waals surface area (Å²) in [6.45, 7) is 11.9. The lowest BCUT2D eigenvalue weighted by atomic mass is 9.85. The molecule has 0 bridgehead atoms. The molecule has 1 atom stereocenters. The summed E-state index contributed by atoms with van der Waals surface area (Å²) in [5, 5.41) is 0. The van der Waals surface area contributed by atoms with Gasteiger partial charge in [-0.3, -0.25) is 9.69 Å². The van der Waals surface area contributed by atoms with Gasteiger partial charge in [-0.25, -0.2) is 9.59 Å². The summed E-state index contributed by atoms with van der Waals surface area (Å²) in [6.07, 6.45) is 0. The average molecular weight is 316 g/mol. The number of ether oxygens (including phenoxy) is 2. The van der Waals surface area contributed by atoms with Crippen LogP contribution in [0.5, 0.6) is 0 Å². The van der Waals surface area contributed by atoms with Gasteiger partial charge in [0.15, 0.2) is 0 Å². The zero-order valence-corrected chi connectivity index (χ0v) is 14.6. The molecule has 7 heteroatoms. The number of esters is 2. The van der Waals surface area contributed by atoms with E-state index >= 15 is 0 Å². The third-order valence-electron chi connectivity index (χ3n) is 2.65. The molecule has 0 saturated carbocycles. The fraction of sp³-hybridized carbons (Fsp3) is 0.800. The molecule has 0 spiro atoms. The lowest BCUT2D eigenvalue weighted by Crippen LogP contribution is -2.57. The molecule has 128 valence electrons. The molecule has 0 aromatic heterocycles. The molecule has 0 aliphatic heterocycles. The van der Waals surface area contributed by atoms with Crippen LogP contribution in [0.1, 0.15) is 48.5 Å². The summed E-state index contributed by atoms with van der Waals surface area (Å²) in [7, 11) is 0. The molecule has 0 rings (SSSR count). The minimum atomic E-state index is -0.992. The molecule has 0 fully saturated rings. The quantitative estimate of drug-likeness (QED) is 0.778. The lowest BCUT2D eigenvalue weighted by Gasteiger charge is -2.38. The maximum Gasteiger partial charge on any atom is 0.330 e. The highest BCUT2D eigenvalue weighted by molar-refractivity contribution is 5.87. The van der Waals surface area contributed by atoms with Gasteiger partial charge in [0.25, 0.3) is 0 Å². The Morgan fingerprint density at radius 1 is 1.09 bits per heavy atom. The molecule has 22 heavy (non-hydrogen) atoms. The van der Waals surface area contributed by atoms with Gasteiger partial charge in [0.2, 0.25) is 0 Å². The molecule has 0 aliphatic rings. The van der Waals surface area contributed by atoms with E-state index in [4.69, 9.17) is 15.2 Å². The fourth-order valence-electron chi connectivity index (χ4n) is 1.95. The topological polar surface area (TPSA) is 98.9 Å². The highest BCUT2D eigenvalue weighted by Gasteiger charge is 2.42. The molecule has 0 aromatic carbocycles. The van der Waals surface area contributed by atoms with E-state index in [0.717, 1.165) is 4.90 Å². The first-order chi connectivity index (χ1) is 9.79. The van der Waals surface area contributed by atoms with Crippen molar-refractivity contribution in [1.82, 2.24) is 4.90 Å². The van der Waals surface area contributed by atoms with E-state index in [2.05, 4.69) is 0 Å². The number of amides is 2. The van der Waals surface area contributed by atoms with Crippen LogP contribution in [0.4, 0.5) is 4.79 Å². The zero-order valence-electron chi connectivity index (χ0n) is 14.6. The van der Waals surface area contributed by atoms with Gasteiger partial charge in [-0.2, -0.15) is 0 Å². The fourth-order valence-corrected chi connectivity index (χ4v) is 1.95. The summed E-state index contributed by atoms with van der Waals surface area (Å²) in [5.74, 6) is -1.23. The van der Waals surface area contributed by atoms with Gasteiger partial charge in [0, 0.05) is 0 Å².